The summed E-state index contributed by atoms with van der Waals surface area (Å²) in [5.74, 6) is 1.24. The molecule has 0 spiro atoms. The van der Waals surface area contributed by atoms with E-state index in [-0.39, 0.29) is 0 Å². The van der Waals surface area contributed by atoms with E-state index >= 15 is 0 Å². The molecule has 0 heterocycles. The van der Waals surface area contributed by atoms with E-state index < -0.39 is 7.82 Å². The molecule has 0 aliphatic heterocycles. The van der Waals surface area contributed by atoms with E-state index in [9.17, 15) is 9.46 Å². The number of rotatable bonds is 8. The minimum absolute atomic E-state index is 0.295. The molecule has 5 heteroatoms. The fourth-order valence-corrected chi connectivity index (χ4v) is 3.26. The molecule has 2 atom stereocenters. The predicted octanol–water partition coefficient (Wildman–Crippen LogP) is 5.22. The topological polar surface area (TPSA) is 55.8 Å². The molecule has 2 unspecified atom stereocenters. The molecule has 2 aromatic rings. The maximum absolute atomic E-state index is 12.0. The van der Waals surface area contributed by atoms with Gasteiger partial charge >= 0.3 is 7.82 Å². The molecule has 0 fully saturated rings. The van der Waals surface area contributed by atoms with Crippen molar-refractivity contribution in [2.75, 3.05) is 0 Å². The molecule has 23 heavy (non-hydrogen) atoms. The third kappa shape index (κ3) is 6.09. The number of para-hydroxylation sites is 1. The van der Waals surface area contributed by atoms with Gasteiger partial charge in [-0.05, 0) is 42.2 Å². The van der Waals surface area contributed by atoms with Crippen LogP contribution >= 0.6 is 7.82 Å². The highest BCUT2D eigenvalue weighted by Gasteiger charge is 2.24. The fourth-order valence-electron chi connectivity index (χ4n) is 2.45. The van der Waals surface area contributed by atoms with Crippen LogP contribution in [0.3, 0.4) is 0 Å². The first-order valence-electron chi connectivity index (χ1n) is 7.84. The summed E-state index contributed by atoms with van der Waals surface area (Å²) < 4.78 is 22.1. The summed E-state index contributed by atoms with van der Waals surface area (Å²) in [6.07, 6.45) is 3.35. The van der Waals surface area contributed by atoms with Crippen molar-refractivity contribution in [3.8, 4) is 11.5 Å². The first-order valence-corrected chi connectivity index (χ1v) is 9.34. The van der Waals surface area contributed by atoms with E-state index in [1.807, 2.05) is 12.1 Å². The Kier molecular flexibility index (Phi) is 6.26. The Bertz CT molecular complexity index is 640. The van der Waals surface area contributed by atoms with Crippen LogP contribution in [0.4, 0.5) is 0 Å². The normalized spacial score (nSPS) is 14.7. The summed E-state index contributed by atoms with van der Waals surface area (Å²) in [7, 11) is -4.19. The van der Waals surface area contributed by atoms with E-state index in [0.29, 0.717) is 17.4 Å². The lowest BCUT2D eigenvalue weighted by molar-refractivity contribution is 0.291. The fraction of sp³-hybridized carbons (Fsp3) is 0.333. The molecule has 2 aromatic carbocycles. The largest absolute Gasteiger partial charge is 0.584 e. The standard InChI is InChI=1S/C18H23O4P/c1-3-7-15(2)14-16-10-12-18(13-11-16)22-23(19,20)21-17-8-5-4-6-9-17/h4-6,8-13,15H,3,7,14H2,1-2H3,(H,19,20). The number of hydrogen-bond donors (Lipinski definition) is 1. The minimum atomic E-state index is -4.19. The van der Waals surface area contributed by atoms with Gasteiger partial charge in [0.2, 0.25) is 0 Å². The first kappa shape index (κ1) is 17.6. The zero-order chi connectivity index (χ0) is 16.7. The molecule has 0 bridgehead atoms. The average Bonchev–Trinajstić information content (AvgIpc) is 2.50. The zero-order valence-electron chi connectivity index (χ0n) is 13.5. The minimum Gasteiger partial charge on any atom is -0.395 e. The lowest BCUT2D eigenvalue weighted by Crippen LogP contribution is -2.01. The molecule has 0 aromatic heterocycles. The van der Waals surface area contributed by atoms with E-state index in [2.05, 4.69) is 13.8 Å². The lowest BCUT2D eigenvalue weighted by atomic mass is 9.97. The molecule has 0 saturated carbocycles. The van der Waals surface area contributed by atoms with Crippen LogP contribution in [0.15, 0.2) is 54.6 Å². The maximum atomic E-state index is 12.0. The Morgan fingerprint density at radius 2 is 1.57 bits per heavy atom. The molecule has 0 aliphatic carbocycles. The van der Waals surface area contributed by atoms with Gasteiger partial charge in [0.1, 0.15) is 11.5 Å². The van der Waals surface area contributed by atoms with Gasteiger partial charge in [-0.1, -0.05) is 57.0 Å². The SMILES string of the molecule is CCCC(C)Cc1ccc(OP(=O)(O)Oc2ccccc2)cc1. The van der Waals surface area contributed by atoms with Crippen LogP contribution in [0.5, 0.6) is 11.5 Å². The Labute approximate surface area is 137 Å². The third-order valence-corrected chi connectivity index (χ3v) is 4.36. The molecule has 0 radical (unpaired) electrons. The van der Waals surface area contributed by atoms with Crippen LogP contribution in [0.25, 0.3) is 0 Å². The molecule has 1 N–H and O–H groups in total. The Morgan fingerprint density at radius 3 is 2.13 bits per heavy atom. The second kappa shape index (κ2) is 8.19. The highest BCUT2D eigenvalue weighted by Crippen LogP contribution is 2.44. The van der Waals surface area contributed by atoms with Crippen molar-refractivity contribution in [1.82, 2.24) is 0 Å². The number of benzene rings is 2. The van der Waals surface area contributed by atoms with Crippen molar-refractivity contribution in [2.24, 2.45) is 5.92 Å². The molecule has 2 rings (SSSR count). The van der Waals surface area contributed by atoms with Crippen LogP contribution in [0.2, 0.25) is 0 Å². The summed E-state index contributed by atoms with van der Waals surface area (Å²) in [5.41, 5.74) is 1.19. The van der Waals surface area contributed by atoms with Crippen molar-refractivity contribution in [3.05, 3.63) is 60.2 Å². The van der Waals surface area contributed by atoms with E-state index in [4.69, 9.17) is 9.05 Å². The van der Waals surface area contributed by atoms with Gasteiger partial charge in [-0.3, -0.25) is 4.89 Å². The Balaban J connectivity index is 1.95. The summed E-state index contributed by atoms with van der Waals surface area (Å²) >= 11 is 0. The summed E-state index contributed by atoms with van der Waals surface area (Å²) in [6, 6.07) is 15.7. The molecular formula is C18H23O4P. The monoisotopic (exact) mass is 334 g/mol. The van der Waals surface area contributed by atoms with Gasteiger partial charge in [0.25, 0.3) is 0 Å². The van der Waals surface area contributed by atoms with Crippen molar-refractivity contribution in [3.63, 3.8) is 0 Å². The zero-order valence-corrected chi connectivity index (χ0v) is 14.4. The second-order valence-corrected chi connectivity index (χ2v) is 7.01. The van der Waals surface area contributed by atoms with Crippen molar-refractivity contribution in [1.29, 1.82) is 0 Å². The van der Waals surface area contributed by atoms with Crippen molar-refractivity contribution < 1.29 is 18.5 Å². The Morgan fingerprint density at radius 1 is 1.00 bits per heavy atom. The van der Waals surface area contributed by atoms with Crippen molar-refractivity contribution >= 4 is 7.82 Å². The van der Waals surface area contributed by atoms with Crippen molar-refractivity contribution in [2.45, 2.75) is 33.1 Å². The number of phosphoric acid groups is 1. The third-order valence-electron chi connectivity index (χ3n) is 3.47. The summed E-state index contributed by atoms with van der Waals surface area (Å²) in [4.78, 5) is 9.82. The quantitative estimate of drug-likeness (QED) is 0.672. The number of phosphoric ester groups is 1. The van der Waals surface area contributed by atoms with Crippen LogP contribution in [-0.2, 0) is 11.0 Å². The molecule has 0 aliphatic rings. The van der Waals surface area contributed by atoms with Gasteiger partial charge < -0.3 is 9.05 Å². The van der Waals surface area contributed by atoms with Gasteiger partial charge in [-0.15, -0.1) is 0 Å². The highest BCUT2D eigenvalue weighted by atomic mass is 31.2. The molecule has 4 nitrogen and oxygen atoms in total. The average molecular weight is 334 g/mol. The first-order chi connectivity index (χ1) is 11.0. The van der Waals surface area contributed by atoms with Crippen LogP contribution in [-0.4, -0.2) is 4.89 Å². The summed E-state index contributed by atoms with van der Waals surface area (Å²) in [5, 5.41) is 0. The van der Waals surface area contributed by atoms with E-state index in [1.165, 1.54) is 18.4 Å². The second-order valence-electron chi connectivity index (χ2n) is 5.71. The van der Waals surface area contributed by atoms with Gasteiger partial charge in [-0.25, -0.2) is 4.57 Å². The maximum Gasteiger partial charge on any atom is 0.584 e. The highest BCUT2D eigenvalue weighted by molar-refractivity contribution is 7.48. The number of hydrogen-bond acceptors (Lipinski definition) is 3. The lowest BCUT2D eigenvalue weighted by Gasteiger charge is -2.14. The molecular weight excluding hydrogens is 311 g/mol. The van der Waals surface area contributed by atoms with E-state index in [0.717, 1.165) is 6.42 Å². The van der Waals surface area contributed by atoms with Gasteiger partial charge in [-0.2, -0.15) is 0 Å². The molecule has 0 saturated heterocycles. The predicted molar refractivity (Wildman–Crippen MR) is 91.7 cm³/mol. The van der Waals surface area contributed by atoms with Crippen LogP contribution in [0, 0.1) is 5.92 Å². The summed E-state index contributed by atoms with van der Waals surface area (Å²) in [6.45, 7) is 4.41. The van der Waals surface area contributed by atoms with E-state index in [1.54, 1.807) is 42.5 Å². The Hall–Kier alpha value is -1.77. The smallest absolute Gasteiger partial charge is 0.395 e. The van der Waals surface area contributed by atoms with Gasteiger partial charge in [0.15, 0.2) is 0 Å². The molecule has 0 amide bonds. The van der Waals surface area contributed by atoms with Gasteiger partial charge in [0.05, 0.1) is 0 Å². The van der Waals surface area contributed by atoms with Crippen LogP contribution in [0.1, 0.15) is 32.3 Å². The molecule has 124 valence electrons. The van der Waals surface area contributed by atoms with Gasteiger partial charge in [0, 0.05) is 0 Å². The van der Waals surface area contributed by atoms with Crippen LogP contribution < -0.4 is 9.05 Å².